The number of aliphatic hydroxyl groups excluding tert-OH is 1. The van der Waals surface area contributed by atoms with Crippen molar-refractivity contribution in [1.82, 2.24) is 5.32 Å². The molecule has 0 bridgehead atoms. The van der Waals surface area contributed by atoms with Crippen LogP contribution in [0.15, 0.2) is 34.5 Å². The van der Waals surface area contributed by atoms with E-state index in [9.17, 15) is 4.79 Å². The summed E-state index contributed by atoms with van der Waals surface area (Å²) in [6.07, 6.45) is 3.33. The molecule has 2 heterocycles. The third-order valence-electron chi connectivity index (χ3n) is 2.40. The van der Waals surface area contributed by atoms with Gasteiger partial charge in [-0.15, -0.1) is 11.3 Å². The third kappa shape index (κ3) is 3.71. The highest BCUT2D eigenvalue weighted by Gasteiger charge is 2.08. The zero-order valence-electron chi connectivity index (χ0n) is 10.2. The summed E-state index contributed by atoms with van der Waals surface area (Å²) in [7, 11) is 0. The van der Waals surface area contributed by atoms with Crippen LogP contribution in [0.4, 0.5) is 0 Å². The van der Waals surface area contributed by atoms with Gasteiger partial charge in [0, 0.05) is 16.9 Å². The van der Waals surface area contributed by atoms with Gasteiger partial charge in [-0.1, -0.05) is 11.8 Å². The Labute approximate surface area is 115 Å². The Hall–Kier alpha value is -2.03. The highest BCUT2D eigenvalue weighted by atomic mass is 32.1. The molecule has 2 rings (SSSR count). The summed E-state index contributed by atoms with van der Waals surface area (Å²) in [5, 5.41) is 13.4. The van der Waals surface area contributed by atoms with Crippen molar-refractivity contribution in [3.8, 4) is 11.8 Å². The van der Waals surface area contributed by atoms with Crippen LogP contribution in [-0.2, 0) is 6.54 Å². The fraction of sp³-hybridized carbons (Fsp3) is 0.214. The number of hydrogen-bond acceptors (Lipinski definition) is 4. The first-order valence-corrected chi connectivity index (χ1v) is 6.65. The molecular formula is C14H13NO3S. The van der Waals surface area contributed by atoms with E-state index in [-0.39, 0.29) is 12.5 Å². The average molecular weight is 275 g/mol. The minimum atomic E-state index is -0.170. The molecule has 0 atom stereocenters. The molecule has 2 aromatic rings. The van der Waals surface area contributed by atoms with E-state index in [2.05, 4.69) is 17.2 Å². The lowest BCUT2D eigenvalue weighted by Gasteiger charge is -2.01. The first kappa shape index (κ1) is 13.4. The molecule has 1 amide bonds. The quantitative estimate of drug-likeness (QED) is 0.839. The normalized spacial score (nSPS) is 9.74. The van der Waals surface area contributed by atoms with Crippen LogP contribution < -0.4 is 5.32 Å². The van der Waals surface area contributed by atoms with Crippen molar-refractivity contribution < 1.29 is 14.3 Å². The van der Waals surface area contributed by atoms with Crippen LogP contribution in [0.25, 0.3) is 0 Å². The number of rotatable bonds is 4. The number of thiophene rings is 1. The molecular weight excluding hydrogens is 262 g/mol. The number of carbonyl (C=O) groups is 1. The van der Waals surface area contributed by atoms with Crippen LogP contribution in [0.2, 0.25) is 0 Å². The zero-order chi connectivity index (χ0) is 13.5. The summed E-state index contributed by atoms with van der Waals surface area (Å²) < 4.78 is 4.86. The SMILES string of the molecule is O=C(NCc1sccc1C#CCCO)c1ccoc1. The lowest BCUT2D eigenvalue weighted by atomic mass is 10.2. The largest absolute Gasteiger partial charge is 0.472 e. The fourth-order valence-corrected chi connectivity index (χ4v) is 2.23. The summed E-state index contributed by atoms with van der Waals surface area (Å²) in [6, 6.07) is 3.53. The number of aliphatic hydroxyl groups is 1. The van der Waals surface area contributed by atoms with Crippen LogP contribution in [0.1, 0.15) is 27.2 Å². The number of hydrogen-bond donors (Lipinski definition) is 2. The minimum Gasteiger partial charge on any atom is -0.472 e. The zero-order valence-corrected chi connectivity index (χ0v) is 11.0. The van der Waals surface area contributed by atoms with E-state index in [1.165, 1.54) is 12.5 Å². The summed E-state index contributed by atoms with van der Waals surface area (Å²) in [4.78, 5) is 12.7. The summed E-state index contributed by atoms with van der Waals surface area (Å²) in [6.45, 7) is 0.495. The maximum Gasteiger partial charge on any atom is 0.254 e. The maximum absolute atomic E-state index is 11.7. The fourth-order valence-electron chi connectivity index (χ4n) is 1.46. The van der Waals surface area contributed by atoms with Gasteiger partial charge in [0.15, 0.2) is 0 Å². The van der Waals surface area contributed by atoms with E-state index in [4.69, 9.17) is 9.52 Å². The highest BCUT2D eigenvalue weighted by molar-refractivity contribution is 7.10. The Balaban J connectivity index is 1.95. The van der Waals surface area contributed by atoms with Gasteiger partial charge in [0.2, 0.25) is 0 Å². The monoisotopic (exact) mass is 275 g/mol. The summed E-state index contributed by atoms with van der Waals surface area (Å²) >= 11 is 1.54. The Morgan fingerprint density at radius 2 is 2.37 bits per heavy atom. The molecule has 0 spiro atoms. The maximum atomic E-state index is 11.7. The van der Waals surface area contributed by atoms with E-state index in [0.717, 1.165) is 10.4 Å². The number of furan rings is 1. The molecule has 0 saturated carbocycles. The van der Waals surface area contributed by atoms with Gasteiger partial charge >= 0.3 is 0 Å². The molecule has 0 radical (unpaired) electrons. The molecule has 19 heavy (non-hydrogen) atoms. The second kappa shape index (κ2) is 6.78. The van der Waals surface area contributed by atoms with Crippen molar-refractivity contribution in [3.05, 3.63) is 46.0 Å². The van der Waals surface area contributed by atoms with Crippen molar-refractivity contribution in [3.63, 3.8) is 0 Å². The molecule has 4 nitrogen and oxygen atoms in total. The Morgan fingerprint density at radius 1 is 1.47 bits per heavy atom. The van der Waals surface area contributed by atoms with Gasteiger partial charge in [-0.2, -0.15) is 0 Å². The predicted octanol–water partition coefficient (Wildman–Crippen LogP) is 2.00. The van der Waals surface area contributed by atoms with E-state index in [0.29, 0.717) is 18.5 Å². The molecule has 0 saturated heterocycles. The van der Waals surface area contributed by atoms with Crippen LogP contribution in [0.5, 0.6) is 0 Å². The van der Waals surface area contributed by atoms with Gasteiger partial charge < -0.3 is 14.8 Å². The molecule has 0 unspecified atom stereocenters. The van der Waals surface area contributed by atoms with Gasteiger partial charge in [0.05, 0.1) is 25.0 Å². The van der Waals surface area contributed by atoms with Gasteiger partial charge in [-0.05, 0) is 17.5 Å². The molecule has 2 N–H and O–H groups in total. The van der Waals surface area contributed by atoms with Crippen molar-refractivity contribution in [2.75, 3.05) is 6.61 Å². The average Bonchev–Trinajstić information content (AvgIpc) is 3.08. The standard InChI is InChI=1S/C14H13NO3S/c16-6-2-1-3-11-5-8-19-13(11)9-15-14(17)12-4-7-18-10-12/h4-5,7-8,10,16H,2,6,9H2,(H,15,17). The highest BCUT2D eigenvalue weighted by Crippen LogP contribution is 2.15. The smallest absolute Gasteiger partial charge is 0.254 e. The Kier molecular flexibility index (Phi) is 4.78. The van der Waals surface area contributed by atoms with Crippen LogP contribution in [-0.4, -0.2) is 17.6 Å². The van der Waals surface area contributed by atoms with Gasteiger partial charge in [-0.3, -0.25) is 4.79 Å². The Morgan fingerprint density at radius 3 is 3.11 bits per heavy atom. The number of amides is 1. The van der Waals surface area contributed by atoms with Crippen molar-refractivity contribution >= 4 is 17.2 Å². The van der Waals surface area contributed by atoms with E-state index in [1.54, 1.807) is 17.4 Å². The third-order valence-corrected chi connectivity index (χ3v) is 3.32. The lowest BCUT2D eigenvalue weighted by molar-refractivity contribution is 0.0950. The summed E-state index contributed by atoms with van der Waals surface area (Å²) in [5.74, 6) is 5.69. The molecule has 5 heteroatoms. The molecule has 2 aromatic heterocycles. The minimum absolute atomic E-state index is 0.0592. The number of carbonyl (C=O) groups excluding carboxylic acids is 1. The molecule has 0 fully saturated rings. The Bertz CT molecular complexity index is 590. The van der Waals surface area contributed by atoms with Gasteiger partial charge in [0.1, 0.15) is 6.26 Å². The summed E-state index contributed by atoms with van der Waals surface area (Å²) in [5.41, 5.74) is 1.40. The van der Waals surface area contributed by atoms with Crippen LogP contribution in [0.3, 0.4) is 0 Å². The lowest BCUT2D eigenvalue weighted by Crippen LogP contribution is -2.22. The van der Waals surface area contributed by atoms with Crippen molar-refractivity contribution in [1.29, 1.82) is 0 Å². The van der Waals surface area contributed by atoms with Crippen molar-refractivity contribution in [2.24, 2.45) is 0 Å². The van der Waals surface area contributed by atoms with Crippen LogP contribution in [0, 0.1) is 11.8 Å². The molecule has 0 aromatic carbocycles. The molecule has 98 valence electrons. The van der Waals surface area contributed by atoms with Gasteiger partial charge in [0.25, 0.3) is 5.91 Å². The predicted molar refractivity (Wildman–Crippen MR) is 72.8 cm³/mol. The molecule has 0 aliphatic rings. The second-order valence-corrected chi connectivity index (χ2v) is 4.73. The molecule has 0 aliphatic carbocycles. The first-order chi connectivity index (χ1) is 9.31. The topological polar surface area (TPSA) is 62.5 Å². The van der Waals surface area contributed by atoms with E-state index < -0.39 is 0 Å². The van der Waals surface area contributed by atoms with Crippen LogP contribution >= 0.6 is 11.3 Å². The van der Waals surface area contributed by atoms with Gasteiger partial charge in [-0.25, -0.2) is 0 Å². The number of nitrogens with one attached hydrogen (secondary N) is 1. The second-order valence-electron chi connectivity index (χ2n) is 3.73. The van der Waals surface area contributed by atoms with Crippen molar-refractivity contribution in [2.45, 2.75) is 13.0 Å². The van der Waals surface area contributed by atoms with E-state index >= 15 is 0 Å². The molecule has 0 aliphatic heterocycles. The van der Waals surface area contributed by atoms with E-state index in [1.807, 2.05) is 11.4 Å². The first-order valence-electron chi connectivity index (χ1n) is 5.77.